The van der Waals surface area contributed by atoms with Gasteiger partial charge in [0, 0.05) is 21.7 Å². The highest BCUT2D eigenvalue weighted by molar-refractivity contribution is 6.30. The zero-order valence-corrected chi connectivity index (χ0v) is 18.5. The Bertz CT molecular complexity index is 1180. The van der Waals surface area contributed by atoms with E-state index < -0.39 is 24.0 Å². The number of nitrogens with zero attached hydrogens (tertiary/aromatic N) is 1. The van der Waals surface area contributed by atoms with Gasteiger partial charge < -0.3 is 20.3 Å². The zero-order valence-electron chi connectivity index (χ0n) is 17.8. The van der Waals surface area contributed by atoms with Crippen LogP contribution in [0.25, 0.3) is 10.9 Å². The Kier molecular flexibility index (Phi) is 6.86. The summed E-state index contributed by atoms with van der Waals surface area (Å²) >= 11 is 5.93. The molecule has 0 saturated carbocycles. The van der Waals surface area contributed by atoms with E-state index >= 15 is 0 Å². The minimum atomic E-state index is -1.44. The monoisotopic (exact) mass is 458 g/mol. The fraction of sp³-hybridized carbons (Fsp3) is 0.261. The number of carboxylic acids is 1. The van der Waals surface area contributed by atoms with Gasteiger partial charge in [-0.2, -0.15) is 0 Å². The summed E-state index contributed by atoms with van der Waals surface area (Å²) in [5.74, 6) is -1.69. The summed E-state index contributed by atoms with van der Waals surface area (Å²) < 4.78 is 6.80. The molecule has 9 heteroatoms. The molecule has 168 valence electrons. The van der Waals surface area contributed by atoms with Crippen molar-refractivity contribution in [2.24, 2.45) is 0 Å². The van der Waals surface area contributed by atoms with E-state index in [-0.39, 0.29) is 12.3 Å². The molecule has 0 radical (unpaired) electrons. The lowest BCUT2D eigenvalue weighted by molar-refractivity contribution is -0.144. The third-order valence-electron chi connectivity index (χ3n) is 5.24. The lowest BCUT2D eigenvalue weighted by Gasteiger charge is -2.17. The minimum Gasteiger partial charge on any atom is -0.497 e. The highest BCUT2D eigenvalue weighted by atomic mass is 35.5. The first-order valence-electron chi connectivity index (χ1n) is 9.82. The second-order valence-corrected chi connectivity index (χ2v) is 7.83. The first-order valence-corrected chi connectivity index (χ1v) is 10.2. The number of aliphatic carboxylic acids is 1. The first-order chi connectivity index (χ1) is 15.1. The van der Waals surface area contributed by atoms with E-state index in [2.05, 4.69) is 5.32 Å². The second kappa shape index (κ2) is 9.42. The van der Waals surface area contributed by atoms with Gasteiger partial charge in [-0.25, -0.2) is 4.79 Å². The molecule has 0 spiro atoms. The smallest absolute Gasteiger partial charge is 0.328 e. The van der Waals surface area contributed by atoms with Crippen molar-refractivity contribution >= 4 is 40.3 Å². The molecule has 1 amide bonds. The quantitative estimate of drug-likeness (QED) is 0.501. The summed E-state index contributed by atoms with van der Waals surface area (Å²) in [6, 6.07) is 10.2. The predicted molar refractivity (Wildman–Crippen MR) is 119 cm³/mol. The predicted octanol–water partition coefficient (Wildman–Crippen LogP) is 2.79. The van der Waals surface area contributed by atoms with Crippen molar-refractivity contribution in [3.8, 4) is 5.75 Å². The number of ether oxygens (including phenoxy) is 1. The molecule has 3 aromatic rings. The molecular weight excluding hydrogens is 436 g/mol. The van der Waals surface area contributed by atoms with Crippen LogP contribution in [0.5, 0.6) is 5.75 Å². The first kappa shape index (κ1) is 23.3. The van der Waals surface area contributed by atoms with Gasteiger partial charge in [-0.3, -0.25) is 14.2 Å². The fourth-order valence-corrected chi connectivity index (χ4v) is 3.70. The van der Waals surface area contributed by atoms with Crippen LogP contribution in [0, 0.1) is 6.92 Å². The zero-order chi connectivity index (χ0) is 23.6. The summed E-state index contributed by atoms with van der Waals surface area (Å²) in [5, 5.41) is 22.3. The van der Waals surface area contributed by atoms with Crippen LogP contribution < -0.4 is 10.1 Å². The summed E-state index contributed by atoms with van der Waals surface area (Å²) in [7, 11) is 1.51. The van der Waals surface area contributed by atoms with Gasteiger partial charge in [0.1, 0.15) is 5.75 Å². The average Bonchev–Trinajstić information content (AvgIpc) is 3.02. The van der Waals surface area contributed by atoms with Crippen LogP contribution in [0.1, 0.15) is 28.5 Å². The van der Waals surface area contributed by atoms with E-state index in [0.29, 0.717) is 38.5 Å². The standard InChI is InChI=1S/C23H23ClN2O6/c1-12-17(11-20(28)25-21(13(2)27)23(30)31)18-10-16(32-3)8-9-19(18)26(12)22(29)14-4-6-15(24)7-5-14/h4-10,13,21,27H,11H2,1-3H3,(H,25,28)(H,30,31)/t13-,21+/m1/s1. The van der Waals surface area contributed by atoms with Gasteiger partial charge in [0.2, 0.25) is 5.91 Å². The third kappa shape index (κ3) is 4.61. The SMILES string of the molecule is COc1ccc2c(c1)c(CC(=O)N[C@H](C(=O)O)[C@@H](C)O)c(C)n2C(=O)c1ccc(Cl)cc1. The van der Waals surface area contributed by atoms with Crippen LogP contribution >= 0.6 is 11.6 Å². The Morgan fingerprint density at radius 3 is 2.38 bits per heavy atom. The Hall–Kier alpha value is -3.36. The van der Waals surface area contributed by atoms with Gasteiger partial charge in [0.05, 0.1) is 25.2 Å². The number of nitrogens with one attached hydrogen (secondary N) is 1. The maximum Gasteiger partial charge on any atom is 0.328 e. The lowest BCUT2D eigenvalue weighted by Crippen LogP contribution is -2.48. The number of carbonyl (C=O) groups is 3. The molecule has 1 heterocycles. The van der Waals surface area contributed by atoms with Crippen molar-refractivity contribution in [1.29, 1.82) is 0 Å². The number of hydrogen-bond acceptors (Lipinski definition) is 5. The van der Waals surface area contributed by atoms with E-state index in [1.54, 1.807) is 49.4 Å². The van der Waals surface area contributed by atoms with E-state index in [1.807, 2.05) is 0 Å². The number of fused-ring (bicyclic) bond motifs is 1. The third-order valence-corrected chi connectivity index (χ3v) is 5.49. The van der Waals surface area contributed by atoms with Gasteiger partial charge in [-0.15, -0.1) is 0 Å². The van der Waals surface area contributed by atoms with E-state index in [0.717, 1.165) is 0 Å². The number of carboxylic acid groups (broad SMARTS) is 1. The van der Waals surface area contributed by atoms with Crippen molar-refractivity contribution < 1.29 is 29.3 Å². The number of benzene rings is 2. The average molecular weight is 459 g/mol. The molecule has 0 saturated heterocycles. The normalized spacial score (nSPS) is 12.9. The molecular formula is C23H23ClN2O6. The van der Waals surface area contributed by atoms with Crippen molar-refractivity contribution in [2.45, 2.75) is 32.4 Å². The Balaban J connectivity index is 2.07. The minimum absolute atomic E-state index is 0.188. The van der Waals surface area contributed by atoms with Crippen molar-refractivity contribution in [2.75, 3.05) is 7.11 Å². The van der Waals surface area contributed by atoms with Crippen LogP contribution in [0.2, 0.25) is 5.02 Å². The van der Waals surface area contributed by atoms with Gasteiger partial charge in [0.15, 0.2) is 6.04 Å². The molecule has 2 atom stereocenters. The molecule has 1 aromatic heterocycles. The Morgan fingerprint density at radius 1 is 1.16 bits per heavy atom. The van der Waals surface area contributed by atoms with Gasteiger partial charge in [-0.05, 0) is 61.9 Å². The van der Waals surface area contributed by atoms with E-state index in [4.69, 9.17) is 16.3 Å². The number of methoxy groups -OCH3 is 1. The molecule has 3 rings (SSSR count). The summed E-state index contributed by atoms with van der Waals surface area (Å²) in [6.45, 7) is 3.00. The van der Waals surface area contributed by atoms with Crippen LogP contribution in [0.4, 0.5) is 0 Å². The molecule has 8 nitrogen and oxygen atoms in total. The number of aliphatic hydroxyl groups excluding tert-OH is 1. The lowest BCUT2D eigenvalue weighted by atomic mass is 10.1. The van der Waals surface area contributed by atoms with Gasteiger partial charge in [-0.1, -0.05) is 11.6 Å². The molecule has 0 aliphatic heterocycles. The van der Waals surface area contributed by atoms with Crippen LogP contribution in [0.3, 0.4) is 0 Å². The molecule has 0 aliphatic carbocycles. The number of halogens is 1. The van der Waals surface area contributed by atoms with Crippen molar-refractivity contribution in [1.82, 2.24) is 9.88 Å². The summed E-state index contributed by atoms with van der Waals surface area (Å²) in [4.78, 5) is 37.2. The topological polar surface area (TPSA) is 118 Å². The van der Waals surface area contributed by atoms with E-state index in [9.17, 15) is 24.6 Å². The molecule has 0 fully saturated rings. The maximum atomic E-state index is 13.3. The van der Waals surface area contributed by atoms with Crippen LogP contribution in [-0.2, 0) is 16.0 Å². The molecule has 0 bridgehead atoms. The van der Waals surface area contributed by atoms with E-state index in [1.165, 1.54) is 18.6 Å². The van der Waals surface area contributed by atoms with Gasteiger partial charge in [0.25, 0.3) is 5.91 Å². The van der Waals surface area contributed by atoms with Crippen molar-refractivity contribution in [3.63, 3.8) is 0 Å². The largest absolute Gasteiger partial charge is 0.497 e. The molecule has 0 unspecified atom stereocenters. The number of hydrogen-bond donors (Lipinski definition) is 3. The van der Waals surface area contributed by atoms with Gasteiger partial charge >= 0.3 is 5.97 Å². The Morgan fingerprint density at radius 2 is 1.81 bits per heavy atom. The molecule has 3 N–H and O–H groups in total. The van der Waals surface area contributed by atoms with Crippen molar-refractivity contribution in [3.05, 3.63) is 64.3 Å². The number of carbonyl (C=O) groups excluding carboxylic acids is 2. The van der Waals surface area contributed by atoms with Crippen LogP contribution in [0.15, 0.2) is 42.5 Å². The summed E-state index contributed by atoms with van der Waals surface area (Å²) in [6.07, 6.45) is -1.46. The number of aromatic nitrogens is 1. The Labute approximate surface area is 189 Å². The molecule has 2 aromatic carbocycles. The highest BCUT2D eigenvalue weighted by Crippen LogP contribution is 2.31. The van der Waals surface area contributed by atoms with Crippen LogP contribution in [-0.4, -0.2) is 51.8 Å². The molecule has 32 heavy (non-hydrogen) atoms. The maximum absolute atomic E-state index is 13.3. The summed E-state index contributed by atoms with van der Waals surface area (Å²) in [5.41, 5.74) is 2.08. The molecule has 0 aliphatic rings. The number of aliphatic hydroxyl groups is 1. The number of rotatable bonds is 7. The highest BCUT2D eigenvalue weighted by Gasteiger charge is 2.27. The fourth-order valence-electron chi connectivity index (χ4n) is 3.57. The second-order valence-electron chi connectivity index (χ2n) is 7.40. The number of amides is 1.